The van der Waals surface area contributed by atoms with Gasteiger partial charge in [-0.05, 0) is 19.1 Å². The Morgan fingerprint density at radius 2 is 2.24 bits per heavy atom. The third-order valence-electron chi connectivity index (χ3n) is 2.27. The highest BCUT2D eigenvalue weighted by Crippen LogP contribution is 2.18. The predicted octanol–water partition coefficient (Wildman–Crippen LogP) is 3.34. The summed E-state index contributed by atoms with van der Waals surface area (Å²) in [7, 11) is 0. The third kappa shape index (κ3) is 4.07. The smallest absolute Gasteiger partial charge is 0.419 e. The van der Waals surface area contributed by atoms with Crippen LogP contribution in [0, 0.1) is 0 Å². The lowest BCUT2D eigenvalue weighted by Crippen LogP contribution is -2.15. The number of aryl methyl sites for hydroxylation is 1. The first-order valence-corrected chi connectivity index (χ1v) is 7.09. The molecule has 0 fully saturated rings. The van der Waals surface area contributed by atoms with Crippen LogP contribution in [0.2, 0.25) is 0 Å². The molecule has 0 amide bonds. The van der Waals surface area contributed by atoms with Crippen molar-refractivity contribution in [3.63, 3.8) is 0 Å². The van der Waals surface area contributed by atoms with E-state index in [2.05, 4.69) is 18.8 Å². The monoisotopic (exact) mass is 256 g/mol. The molecule has 0 atom stereocenters. The van der Waals surface area contributed by atoms with Crippen LogP contribution in [0.3, 0.4) is 0 Å². The molecule has 0 N–H and O–H groups in total. The quantitative estimate of drug-likeness (QED) is 0.732. The number of rotatable bonds is 6. The summed E-state index contributed by atoms with van der Waals surface area (Å²) in [6.45, 7) is 6.39. The number of hydrogen-bond acceptors (Lipinski definition) is 4. The van der Waals surface area contributed by atoms with Gasteiger partial charge in [0.25, 0.3) is 0 Å². The number of unbranched alkanes of at least 4 members (excludes halogenated alkanes) is 1. The molecule has 0 bridgehead atoms. The Balaban J connectivity index is 2.86. The van der Waals surface area contributed by atoms with Crippen molar-refractivity contribution in [2.75, 3.05) is 12.4 Å². The van der Waals surface area contributed by atoms with Gasteiger partial charge in [-0.15, -0.1) is 11.8 Å². The summed E-state index contributed by atoms with van der Waals surface area (Å²) < 4.78 is 6.55. The number of imidazole rings is 1. The van der Waals surface area contributed by atoms with Gasteiger partial charge in [0.2, 0.25) is 0 Å². The normalized spacial score (nSPS) is 10.5. The zero-order valence-corrected chi connectivity index (χ0v) is 11.5. The minimum atomic E-state index is -0.325. The summed E-state index contributed by atoms with van der Waals surface area (Å²) in [6, 6.07) is 0. The largest absolute Gasteiger partial charge is 0.449 e. The molecule has 0 aliphatic rings. The number of hydrogen-bond donors (Lipinski definition) is 0. The molecule has 0 aromatic carbocycles. The Kier molecular flexibility index (Phi) is 6.11. The summed E-state index contributed by atoms with van der Waals surface area (Å²) in [5, 5.41) is 0.895. The van der Waals surface area contributed by atoms with E-state index < -0.39 is 0 Å². The van der Waals surface area contributed by atoms with E-state index in [4.69, 9.17) is 4.74 Å². The van der Waals surface area contributed by atoms with Crippen LogP contribution in [0.5, 0.6) is 0 Å². The number of carbonyl (C=O) groups excluding carboxylic acids is 1. The lowest BCUT2D eigenvalue weighted by atomic mass is 10.2. The number of carbonyl (C=O) groups is 1. The molecule has 96 valence electrons. The van der Waals surface area contributed by atoms with Gasteiger partial charge in [-0.3, -0.25) is 0 Å². The number of ether oxygens (including phenoxy) is 1. The average molecular weight is 256 g/mol. The SMILES string of the molecule is CCCCc1nc(SCC)cn1C(=O)OCC. The first kappa shape index (κ1) is 14.1. The molecule has 5 heteroatoms. The molecule has 0 aliphatic carbocycles. The Bertz CT molecular complexity index is 363. The maximum absolute atomic E-state index is 11.7. The third-order valence-corrected chi connectivity index (χ3v) is 3.05. The van der Waals surface area contributed by atoms with Crippen LogP contribution in [0.1, 0.15) is 39.4 Å². The van der Waals surface area contributed by atoms with E-state index in [1.165, 1.54) is 4.57 Å². The molecular weight excluding hydrogens is 236 g/mol. The average Bonchev–Trinajstić information content (AvgIpc) is 2.70. The molecule has 0 spiro atoms. The van der Waals surface area contributed by atoms with E-state index in [0.29, 0.717) is 6.61 Å². The van der Waals surface area contributed by atoms with Crippen molar-refractivity contribution in [1.82, 2.24) is 9.55 Å². The highest BCUT2D eigenvalue weighted by atomic mass is 32.2. The van der Waals surface area contributed by atoms with Crippen LogP contribution in [0.15, 0.2) is 11.2 Å². The van der Waals surface area contributed by atoms with Crippen molar-refractivity contribution in [3.8, 4) is 0 Å². The van der Waals surface area contributed by atoms with Crippen molar-refractivity contribution in [1.29, 1.82) is 0 Å². The number of aromatic nitrogens is 2. The number of nitrogens with zero attached hydrogens (tertiary/aromatic N) is 2. The van der Waals surface area contributed by atoms with E-state index in [1.807, 2.05) is 6.92 Å². The minimum Gasteiger partial charge on any atom is -0.449 e. The Morgan fingerprint density at radius 1 is 1.47 bits per heavy atom. The van der Waals surface area contributed by atoms with Gasteiger partial charge in [0.05, 0.1) is 6.61 Å². The first-order valence-electron chi connectivity index (χ1n) is 6.11. The highest BCUT2D eigenvalue weighted by molar-refractivity contribution is 7.99. The standard InChI is InChI=1S/C12H20N2O2S/c1-4-7-8-10-13-11(17-6-3)9-14(10)12(15)16-5-2/h9H,4-8H2,1-3H3. The fraction of sp³-hybridized carbons (Fsp3) is 0.667. The second kappa shape index (κ2) is 7.37. The molecule has 1 heterocycles. The molecule has 0 aliphatic heterocycles. The van der Waals surface area contributed by atoms with Crippen LogP contribution in [-0.4, -0.2) is 28.0 Å². The van der Waals surface area contributed by atoms with E-state index >= 15 is 0 Å². The molecule has 17 heavy (non-hydrogen) atoms. The molecule has 0 radical (unpaired) electrons. The van der Waals surface area contributed by atoms with Crippen molar-refractivity contribution in [2.45, 2.75) is 45.1 Å². The van der Waals surface area contributed by atoms with Gasteiger partial charge in [-0.25, -0.2) is 14.3 Å². The van der Waals surface area contributed by atoms with Gasteiger partial charge in [0.1, 0.15) is 10.9 Å². The van der Waals surface area contributed by atoms with Crippen LogP contribution >= 0.6 is 11.8 Å². The van der Waals surface area contributed by atoms with E-state index in [1.54, 1.807) is 18.0 Å². The first-order chi connectivity index (χ1) is 8.22. The lowest BCUT2D eigenvalue weighted by molar-refractivity contribution is 0.153. The van der Waals surface area contributed by atoms with Crippen molar-refractivity contribution < 1.29 is 9.53 Å². The second-order valence-electron chi connectivity index (χ2n) is 3.60. The zero-order valence-electron chi connectivity index (χ0n) is 10.7. The molecule has 1 aromatic rings. The molecule has 0 saturated heterocycles. The zero-order chi connectivity index (χ0) is 12.7. The lowest BCUT2D eigenvalue weighted by Gasteiger charge is -2.05. The molecular formula is C12H20N2O2S. The van der Waals surface area contributed by atoms with Crippen LogP contribution in [0.25, 0.3) is 0 Å². The van der Waals surface area contributed by atoms with Gasteiger partial charge in [-0.1, -0.05) is 20.3 Å². The fourth-order valence-corrected chi connectivity index (χ4v) is 2.12. The Labute approximate surface area is 107 Å². The maximum atomic E-state index is 11.7. The van der Waals surface area contributed by atoms with Gasteiger partial charge in [0.15, 0.2) is 0 Å². The summed E-state index contributed by atoms with van der Waals surface area (Å²) in [5.41, 5.74) is 0. The highest BCUT2D eigenvalue weighted by Gasteiger charge is 2.14. The molecule has 0 saturated carbocycles. The minimum absolute atomic E-state index is 0.325. The Hall–Kier alpha value is -0.970. The maximum Gasteiger partial charge on any atom is 0.419 e. The predicted molar refractivity (Wildman–Crippen MR) is 69.7 cm³/mol. The summed E-state index contributed by atoms with van der Waals surface area (Å²) in [6.07, 6.45) is 4.39. The van der Waals surface area contributed by atoms with Crippen molar-refractivity contribution in [2.24, 2.45) is 0 Å². The second-order valence-corrected chi connectivity index (χ2v) is 4.89. The fourth-order valence-electron chi connectivity index (χ4n) is 1.47. The van der Waals surface area contributed by atoms with Crippen LogP contribution in [-0.2, 0) is 11.2 Å². The molecule has 4 nitrogen and oxygen atoms in total. The molecule has 0 unspecified atom stereocenters. The van der Waals surface area contributed by atoms with Crippen LogP contribution < -0.4 is 0 Å². The molecule has 1 aromatic heterocycles. The van der Waals surface area contributed by atoms with Crippen LogP contribution in [0.4, 0.5) is 4.79 Å². The summed E-state index contributed by atoms with van der Waals surface area (Å²) in [4.78, 5) is 16.2. The van der Waals surface area contributed by atoms with Gasteiger partial charge >= 0.3 is 6.09 Å². The van der Waals surface area contributed by atoms with Gasteiger partial charge in [0, 0.05) is 12.6 Å². The van der Waals surface area contributed by atoms with E-state index in [-0.39, 0.29) is 6.09 Å². The van der Waals surface area contributed by atoms with E-state index in [0.717, 1.165) is 35.9 Å². The van der Waals surface area contributed by atoms with Gasteiger partial charge < -0.3 is 4.74 Å². The van der Waals surface area contributed by atoms with Crippen molar-refractivity contribution >= 4 is 17.9 Å². The number of thioether (sulfide) groups is 1. The van der Waals surface area contributed by atoms with Crippen molar-refractivity contribution in [3.05, 3.63) is 12.0 Å². The summed E-state index contributed by atoms with van der Waals surface area (Å²) >= 11 is 1.64. The topological polar surface area (TPSA) is 44.1 Å². The van der Waals surface area contributed by atoms with Gasteiger partial charge in [-0.2, -0.15) is 0 Å². The summed E-state index contributed by atoms with van der Waals surface area (Å²) in [5.74, 6) is 1.76. The van der Waals surface area contributed by atoms with E-state index in [9.17, 15) is 4.79 Å². The molecule has 1 rings (SSSR count). The Morgan fingerprint density at radius 3 is 2.82 bits per heavy atom.